The molecule has 1 aliphatic rings. The molecule has 0 saturated heterocycles. The zero-order valence-corrected chi connectivity index (χ0v) is 25.2. The Balaban J connectivity index is 1.62. The van der Waals surface area contributed by atoms with E-state index in [4.69, 9.17) is 30.5 Å². The zero-order valence-electron chi connectivity index (χ0n) is 23.6. The van der Waals surface area contributed by atoms with Crippen LogP contribution in [0.5, 0.6) is 23.1 Å². The molecule has 0 amide bonds. The highest BCUT2D eigenvalue weighted by molar-refractivity contribution is 7.07. The quantitative estimate of drug-likeness (QED) is 0.196. The molecule has 0 fully saturated rings. The average molecular weight is 625 g/mol. The summed E-state index contributed by atoms with van der Waals surface area (Å²) >= 11 is 6.98. The number of nitrogens with zero attached hydrogens (tertiary/aromatic N) is 4. The molecule has 0 bridgehead atoms. The Morgan fingerprint density at radius 2 is 1.91 bits per heavy atom. The van der Waals surface area contributed by atoms with Crippen LogP contribution < -0.4 is 29.1 Å². The van der Waals surface area contributed by atoms with E-state index in [0.29, 0.717) is 44.3 Å². The maximum atomic E-state index is 14.3. The van der Waals surface area contributed by atoms with Gasteiger partial charge in [-0.25, -0.2) is 14.8 Å². The molecule has 1 aliphatic heterocycles. The molecule has 13 heteroatoms. The molecule has 43 heavy (non-hydrogen) atoms. The zero-order chi connectivity index (χ0) is 30.7. The van der Waals surface area contributed by atoms with Gasteiger partial charge in [-0.2, -0.15) is 9.37 Å². The molecular weight excluding hydrogens is 599 g/mol. The molecule has 2 aromatic carbocycles. The van der Waals surface area contributed by atoms with E-state index in [-0.39, 0.29) is 34.7 Å². The largest absolute Gasteiger partial charge is 0.494 e. The van der Waals surface area contributed by atoms with Crippen molar-refractivity contribution in [1.82, 2.24) is 14.5 Å². The highest BCUT2D eigenvalue weighted by Gasteiger charge is 2.33. The fourth-order valence-electron chi connectivity index (χ4n) is 4.54. The first-order chi connectivity index (χ1) is 20.7. The number of fused-ring (bicyclic) bond motifs is 1. The number of methoxy groups -OCH3 is 1. The van der Waals surface area contributed by atoms with Gasteiger partial charge in [0.15, 0.2) is 16.3 Å². The van der Waals surface area contributed by atoms with Crippen LogP contribution in [0.2, 0.25) is 5.28 Å². The highest BCUT2D eigenvalue weighted by atomic mass is 35.5. The number of thiazole rings is 1. The third kappa shape index (κ3) is 6.15. The summed E-state index contributed by atoms with van der Waals surface area (Å²) in [6.07, 6.45) is 2.55. The van der Waals surface area contributed by atoms with Crippen molar-refractivity contribution in [1.29, 1.82) is 0 Å². The van der Waals surface area contributed by atoms with Crippen molar-refractivity contribution in [3.05, 3.63) is 102 Å². The van der Waals surface area contributed by atoms with Crippen molar-refractivity contribution < 1.29 is 28.1 Å². The molecule has 1 unspecified atom stereocenters. The van der Waals surface area contributed by atoms with Crippen LogP contribution >= 0.6 is 22.9 Å². The topological polar surface area (TPSA) is 114 Å². The summed E-state index contributed by atoms with van der Waals surface area (Å²) in [6.45, 7) is 6.00. The molecule has 0 saturated carbocycles. The van der Waals surface area contributed by atoms with Crippen molar-refractivity contribution in [3.8, 4) is 23.1 Å². The third-order valence-corrected chi connectivity index (χ3v) is 7.56. The van der Waals surface area contributed by atoms with E-state index >= 15 is 0 Å². The number of halogens is 2. The van der Waals surface area contributed by atoms with Crippen LogP contribution in [0.4, 0.5) is 4.39 Å². The van der Waals surface area contributed by atoms with Gasteiger partial charge in [-0.15, -0.1) is 0 Å². The number of allylic oxidation sites excluding steroid dienone is 1. The molecule has 10 nitrogen and oxygen atoms in total. The minimum absolute atomic E-state index is 0.144. The second-order valence-corrected chi connectivity index (χ2v) is 10.5. The lowest BCUT2D eigenvalue weighted by molar-refractivity contribution is -0.139. The second kappa shape index (κ2) is 12.8. The van der Waals surface area contributed by atoms with Gasteiger partial charge >= 0.3 is 5.97 Å². The fourth-order valence-corrected chi connectivity index (χ4v) is 5.71. The number of rotatable bonds is 9. The van der Waals surface area contributed by atoms with Gasteiger partial charge in [0, 0.05) is 0 Å². The molecule has 5 rings (SSSR count). The molecule has 1 atom stereocenters. The van der Waals surface area contributed by atoms with Gasteiger partial charge in [0.2, 0.25) is 11.1 Å². The predicted octanol–water partition coefficient (Wildman–Crippen LogP) is 4.58. The Morgan fingerprint density at radius 1 is 1.14 bits per heavy atom. The van der Waals surface area contributed by atoms with Gasteiger partial charge in [-0.3, -0.25) is 9.36 Å². The maximum absolute atomic E-state index is 14.3. The van der Waals surface area contributed by atoms with Crippen LogP contribution in [-0.2, 0) is 9.53 Å². The molecule has 4 aromatic rings. The second-order valence-electron chi connectivity index (χ2n) is 9.11. The van der Waals surface area contributed by atoms with Crippen LogP contribution in [0.3, 0.4) is 0 Å². The van der Waals surface area contributed by atoms with Crippen molar-refractivity contribution in [3.63, 3.8) is 0 Å². The Bertz CT molecular complexity index is 1910. The Morgan fingerprint density at radius 3 is 2.60 bits per heavy atom. The molecular formula is C30H26ClFN4O6S. The van der Waals surface area contributed by atoms with Crippen molar-refractivity contribution in [2.45, 2.75) is 26.8 Å². The Kier molecular flexibility index (Phi) is 8.88. The number of carbonyl (C=O) groups excluding carboxylic acids is 1. The number of benzene rings is 2. The average Bonchev–Trinajstić information content (AvgIpc) is 3.29. The normalized spacial score (nSPS) is 14.7. The number of hydrogen-bond acceptors (Lipinski definition) is 10. The van der Waals surface area contributed by atoms with Crippen LogP contribution in [0.15, 0.2) is 69.7 Å². The monoisotopic (exact) mass is 624 g/mol. The number of ether oxygens (including phenoxy) is 4. The fraction of sp³-hybridized carbons (Fsp3) is 0.233. The summed E-state index contributed by atoms with van der Waals surface area (Å²) in [4.78, 5) is 39.4. The van der Waals surface area contributed by atoms with E-state index in [0.717, 1.165) is 6.20 Å². The summed E-state index contributed by atoms with van der Waals surface area (Å²) in [5.74, 6) is -0.632. The third-order valence-electron chi connectivity index (χ3n) is 6.40. The number of aromatic nitrogens is 3. The minimum atomic E-state index is -0.813. The van der Waals surface area contributed by atoms with Gasteiger partial charge in [-0.05, 0) is 73.8 Å². The minimum Gasteiger partial charge on any atom is -0.494 e. The van der Waals surface area contributed by atoms with Gasteiger partial charge in [-0.1, -0.05) is 29.5 Å². The standard InChI is InChI=1S/C30H26ClFN4O6S/c1-5-40-19-10-8-18(9-11-19)25-24(28(38)41-6-2)16(3)34-30-36(25)27(37)23(43-30)14-17-7-12-21(39-4)22(13-17)42-26-20(32)15-33-29(31)35-26/h7-15,25H,5-6H2,1-4H3. The molecule has 0 N–H and O–H groups in total. The maximum Gasteiger partial charge on any atom is 0.338 e. The van der Waals surface area contributed by atoms with E-state index in [1.807, 2.05) is 19.1 Å². The molecule has 0 spiro atoms. The van der Waals surface area contributed by atoms with Gasteiger partial charge in [0.25, 0.3) is 11.4 Å². The van der Waals surface area contributed by atoms with Gasteiger partial charge < -0.3 is 18.9 Å². The van der Waals surface area contributed by atoms with E-state index in [2.05, 4.69) is 15.0 Å². The summed E-state index contributed by atoms with van der Waals surface area (Å²) < 4.78 is 38.1. The first-order valence-electron chi connectivity index (χ1n) is 13.2. The molecule has 3 heterocycles. The molecule has 0 radical (unpaired) electrons. The van der Waals surface area contributed by atoms with E-state index < -0.39 is 17.8 Å². The first kappa shape index (κ1) is 29.9. The summed E-state index contributed by atoms with van der Waals surface area (Å²) in [5.41, 5.74) is 1.62. The SMILES string of the molecule is CCOC(=O)C1=C(C)N=c2sc(=Cc3ccc(OC)c(Oc4nc(Cl)ncc4F)c3)c(=O)n2C1c1ccc(OCC)cc1. The Labute approximate surface area is 254 Å². The Hall–Kier alpha value is -4.55. The van der Waals surface area contributed by atoms with Crippen LogP contribution in [0, 0.1) is 5.82 Å². The highest BCUT2D eigenvalue weighted by Crippen LogP contribution is 2.34. The summed E-state index contributed by atoms with van der Waals surface area (Å²) in [6, 6.07) is 11.3. The molecule has 2 aromatic heterocycles. The lowest BCUT2D eigenvalue weighted by Gasteiger charge is -2.24. The first-order valence-corrected chi connectivity index (χ1v) is 14.4. The number of hydrogen-bond donors (Lipinski definition) is 0. The van der Waals surface area contributed by atoms with Crippen LogP contribution in [0.1, 0.15) is 37.9 Å². The van der Waals surface area contributed by atoms with E-state index in [1.54, 1.807) is 50.3 Å². The number of esters is 1. The van der Waals surface area contributed by atoms with Crippen molar-refractivity contribution >= 4 is 35.0 Å². The predicted molar refractivity (Wildman–Crippen MR) is 158 cm³/mol. The van der Waals surface area contributed by atoms with Crippen molar-refractivity contribution in [2.24, 2.45) is 4.99 Å². The van der Waals surface area contributed by atoms with Gasteiger partial charge in [0.05, 0.1) is 48.4 Å². The van der Waals surface area contributed by atoms with E-state index in [1.165, 1.54) is 23.0 Å². The molecule has 0 aliphatic carbocycles. The van der Waals surface area contributed by atoms with Gasteiger partial charge in [0.1, 0.15) is 5.75 Å². The summed E-state index contributed by atoms with van der Waals surface area (Å²) in [7, 11) is 1.44. The summed E-state index contributed by atoms with van der Waals surface area (Å²) in [5, 5.41) is -0.188. The van der Waals surface area contributed by atoms with Crippen LogP contribution in [-0.4, -0.2) is 40.8 Å². The van der Waals surface area contributed by atoms with E-state index in [9.17, 15) is 14.0 Å². The lowest BCUT2D eigenvalue weighted by Crippen LogP contribution is -2.39. The number of carbonyl (C=O) groups is 1. The van der Waals surface area contributed by atoms with Crippen molar-refractivity contribution in [2.75, 3.05) is 20.3 Å². The smallest absolute Gasteiger partial charge is 0.338 e. The molecule has 222 valence electrons. The van der Waals surface area contributed by atoms with Crippen LogP contribution in [0.25, 0.3) is 6.08 Å². The lowest BCUT2D eigenvalue weighted by atomic mass is 9.96.